The van der Waals surface area contributed by atoms with Crippen LogP contribution in [-0.4, -0.2) is 18.6 Å². The third kappa shape index (κ3) is 2.16. The molecule has 0 aromatic rings. The monoisotopic (exact) mass is 147 g/mol. The summed E-state index contributed by atoms with van der Waals surface area (Å²) < 4.78 is 5.16. The van der Waals surface area contributed by atoms with Crippen LogP contribution in [0.25, 0.3) is 0 Å². The first-order valence-electron chi connectivity index (χ1n) is 3.32. The summed E-state index contributed by atoms with van der Waals surface area (Å²) in [5.74, 6) is 0.571. The molecular formula is C6H13NOS. The second kappa shape index (κ2) is 3.44. The summed E-state index contributed by atoms with van der Waals surface area (Å²) in [4.78, 5) is 0. The van der Waals surface area contributed by atoms with E-state index in [1.165, 1.54) is 0 Å². The van der Waals surface area contributed by atoms with E-state index in [9.17, 15) is 0 Å². The van der Waals surface area contributed by atoms with Gasteiger partial charge in [0.25, 0.3) is 0 Å². The van der Waals surface area contributed by atoms with Crippen molar-refractivity contribution in [2.24, 2.45) is 11.7 Å². The van der Waals surface area contributed by atoms with E-state index in [-0.39, 0.29) is 5.37 Å². The molecule has 1 aliphatic rings. The van der Waals surface area contributed by atoms with Crippen LogP contribution in [0.4, 0.5) is 0 Å². The van der Waals surface area contributed by atoms with Crippen molar-refractivity contribution >= 4 is 12.6 Å². The summed E-state index contributed by atoms with van der Waals surface area (Å²) >= 11 is 4.16. The van der Waals surface area contributed by atoms with Crippen LogP contribution in [0.15, 0.2) is 0 Å². The van der Waals surface area contributed by atoms with Crippen LogP contribution >= 0.6 is 12.6 Å². The molecule has 0 saturated carbocycles. The van der Waals surface area contributed by atoms with Crippen molar-refractivity contribution in [2.45, 2.75) is 18.2 Å². The third-order valence-corrected chi connectivity index (χ3v) is 2.17. The summed E-state index contributed by atoms with van der Waals surface area (Å²) in [5, 5.41) is 0.0499. The second-order valence-corrected chi connectivity index (χ2v) is 3.04. The lowest BCUT2D eigenvalue weighted by atomic mass is 10.0. The molecule has 1 atom stereocenters. The van der Waals surface area contributed by atoms with Crippen molar-refractivity contribution in [3.05, 3.63) is 0 Å². The summed E-state index contributed by atoms with van der Waals surface area (Å²) in [6, 6.07) is 0. The van der Waals surface area contributed by atoms with Gasteiger partial charge >= 0.3 is 0 Å². The molecule has 9 heavy (non-hydrogen) atoms. The first-order chi connectivity index (χ1) is 4.30. The molecule has 0 radical (unpaired) electrons. The van der Waals surface area contributed by atoms with Crippen molar-refractivity contribution in [3.63, 3.8) is 0 Å². The molecule has 0 aliphatic carbocycles. The van der Waals surface area contributed by atoms with Gasteiger partial charge in [-0.2, -0.15) is 12.6 Å². The van der Waals surface area contributed by atoms with Gasteiger partial charge in [-0.15, -0.1) is 0 Å². The molecule has 0 spiro atoms. The lowest BCUT2D eigenvalue weighted by Gasteiger charge is -2.24. The summed E-state index contributed by atoms with van der Waals surface area (Å²) in [5.41, 5.74) is 5.58. The molecular weight excluding hydrogens is 134 g/mol. The Labute approximate surface area is 61.2 Å². The third-order valence-electron chi connectivity index (χ3n) is 1.75. The Bertz CT molecular complexity index is 81.1. The molecule has 1 saturated heterocycles. The van der Waals surface area contributed by atoms with Gasteiger partial charge in [-0.05, 0) is 18.8 Å². The van der Waals surface area contributed by atoms with Crippen molar-refractivity contribution in [1.29, 1.82) is 0 Å². The van der Waals surface area contributed by atoms with Gasteiger partial charge in [0.05, 0.1) is 5.37 Å². The molecule has 3 heteroatoms. The number of thiol groups is 1. The SMILES string of the molecule is NC(S)C1CCOCC1. The summed E-state index contributed by atoms with van der Waals surface area (Å²) in [7, 11) is 0. The van der Waals surface area contributed by atoms with E-state index in [2.05, 4.69) is 12.6 Å². The lowest BCUT2D eigenvalue weighted by Crippen LogP contribution is -2.29. The number of rotatable bonds is 1. The van der Waals surface area contributed by atoms with Gasteiger partial charge in [0.1, 0.15) is 0 Å². The van der Waals surface area contributed by atoms with Crippen LogP contribution in [0.3, 0.4) is 0 Å². The molecule has 2 N–H and O–H groups in total. The predicted molar refractivity (Wildman–Crippen MR) is 40.5 cm³/mol. The van der Waals surface area contributed by atoms with Crippen LogP contribution in [0.2, 0.25) is 0 Å². The van der Waals surface area contributed by atoms with E-state index in [0.717, 1.165) is 26.1 Å². The molecule has 0 amide bonds. The fourth-order valence-electron chi connectivity index (χ4n) is 1.06. The fourth-order valence-corrected chi connectivity index (χ4v) is 1.36. The minimum absolute atomic E-state index is 0.0499. The molecule has 0 aromatic carbocycles. The zero-order chi connectivity index (χ0) is 6.69. The van der Waals surface area contributed by atoms with Crippen molar-refractivity contribution in [2.75, 3.05) is 13.2 Å². The molecule has 0 bridgehead atoms. The topological polar surface area (TPSA) is 35.2 Å². The molecule has 1 heterocycles. The van der Waals surface area contributed by atoms with Gasteiger partial charge in [-0.25, -0.2) is 0 Å². The Morgan fingerprint density at radius 3 is 2.33 bits per heavy atom. The first kappa shape index (κ1) is 7.38. The predicted octanol–water partition coefficient (Wildman–Crippen LogP) is 0.628. The highest BCUT2D eigenvalue weighted by atomic mass is 32.1. The molecule has 2 nitrogen and oxygen atoms in total. The second-order valence-electron chi connectivity index (χ2n) is 2.44. The Morgan fingerprint density at radius 1 is 1.44 bits per heavy atom. The fraction of sp³-hybridized carbons (Fsp3) is 1.00. The van der Waals surface area contributed by atoms with Crippen LogP contribution < -0.4 is 5.73 Å². The summed E-state index contributed by atoms with van der Waals surface area (Å²) in [6.07, 6.45) is 2.15. The van der Waals surface area contributed by atoms with Gasteiger partial charge in [0, 0.05) is 13.2 Å². The maximum absolute atomic E-state index is 5.58. The highest BCUT2D eigenvalue weighted by Crippen LogP contribution is 2.18. The molecule has 1 fully saturated rings. The van der Waals surface area contributed by atoms with Crippen molar-refractivity contribution < 1.29 is 4.74 Å². The number of nitrogens with two attached hydrogens (primary N) is 1. The normalized spacial score (nSPS) is 26.0. The van der Waals surface area contributed by atoms with Gasteiger partial charge in [0.15, 0.2) is 0 Å². The van der Waals surface area contributed by atoms with E-state index in [1.807, 2.05) is 0 Å². The highest BCUT2D eigenvalue weighted by Gasteiger charge is 2.17. The van der Waals surface area contributed by atoms with E-state index < -0.39 is 0 Å². The molecule has 1 unspecified atom stereocenters. The first-order valence-corrected chi connectivity index (χ1v) is 3.84. The largest absolute Gasteiger partial charge is 0.381 e. The Balaban J connectivity index is 2.23. The zero-order valence-corrected chi connectivity index (χ0v) is 6.31. The Kier molecular flexibility index (Phi) is 2.82. The van der Waals surface area contributed by atoms with E-state index in [4.69, 9.17) is 10.5 Å². The number of ether oxygens (including phenoxy) is 1. The van der Waals surface area contributed by atoms with Gasteiger partial charge < -0.3 is 10.5 Å². The van der Waals surface area contributed by atoms with Crippen LogP contribution in [-0.2, 0) is 4.74 Å². The average Bonchev–Trinajstić information content (AvgIpc) is 1.90. The smallest absolute Gasteiger partial charge is 0.0507 e. The molecule has 54 valence electrons. The minimum Gasteiger partial charge on any atom is -0.381 e. The molecule has 0 aromatic heterocycles. The van der Waals surface area contributed by atoms with Gasteiger partial charge in [0.2, 0.25) is 0 Å². The maximum atomic E-state index is 5.58. The van der Waals surface area contributed by atoms with E-state index in [1.54, 1.807) is 0 Å². The van der Waals surface area contributed by atoms with Crippen LogP contribution in [0.1, 0.15) is 12.8 Å². The van der Waals surface area contributed by atoms with Crippen molar-refractivity contribution in [1.82, 2.24) is 0 Å². The highest BCUT2D eigenvalue weighted by molar-refractivity contribution is 7.80. The van der Waals surface area contributed by atoms with Crippen LogP contribution in [0.5, 0.6) is 0 Å². The maximum Gasteiger partial charge on any atom is 0.0507 e. The lowest BCUT2D eigenvalue weighted by molar-refractivity contribution is 0.0663. The molecule has 1 rings (SSSR count). The minimum atomic E-state index is 0.0499. The zero-order valence-electron chi connectivity index (χ0n) is 5.42. The number of hydrogen-bond acceptors (Lipinski definition) is 3. The van der Waals surface area contributed by atoms with E-state index >= 15 is 0 Å². The van der Waals surface area contributed by atoms with Gasteiger partial charge in [-0.1, -0.05) is 0 Å². The average molecular weight is 147 g/mol. The number of hydrogen-bond donors (Lipinski definition) is 2. The quantitative estimate of drug-likeness (QED) is 0.421. The summed E-state index contributed by atoms with van der Waals surface area (Å²) in [6.45, 7) is 1.72. The van der Waals surface area contributed by atoms with Crippen molar-refractivity contribution in [3.8, 4) is 0 Å². The Hall–Kier alpha value is 0.270. The van der Waals surface area contributed by atoms with E-state index in [0.29, 0.717) is 5.92 Å². The Morgan fingerprint density at radius 2 is 2.00 bits per heavy atom. The molecule has 1 aliphatic heterocycles. The van der Waals surface area contributed by atoms with Gasteiger partial charge in [-0.3, -0.25) is 0 Å². The standard InChI is InChI=1S/C6H13NOS/c7-6(9)5-1-3-8-4-2-5/h5-6,9H,1-4,7H2. The van der Waals surface area contributed by atoms with Crippen LogP contribution in [0, 0.1) is 5.92 Å².